The first-order valence-corrected chi connectivity index (χ1v) is 1.52. The maximum atomic E-state index is 9.28. The highest BCUT2D eigenvalue weighted by Crippen LogP contribution is 1.86. The third-order valence-electron chi connectivity index (χ3n) is 0.0718. The Morgan fingerprint density at radius 2 is 2.20 bits per heavy atom. The normalized spacial score (nSPS) is 6.80. The highest BCUT2D eigenvalue weighted by atomic mass is 35.5. The average Bonchev–Trinajstić information content (AvgIpc) is 1.38. The number of hydrogen-bond donors (Lipinski definition) is 1. The quantitative estimate of drug-likeness (QED) is 0.290. The molecule has 0 aromatic heterocycles. The average molecular weight is 113 g/mol. The molecule has 0 saturated heterocycles. The lowest BCUT2D eigenvalue weighted by Crippen LogP contribution is -1.73. The molecule has 0 aromatic rings. The Bertz CT molecular complexity index is 44.9. The van der Waals surface area contributed by atoms with Gasteiger partial charge in [-0.1, -0.05) is 0 Å². The zero-order valence-electron chi connectivity index (χ0n) is 2.14. The van der Waals surface area contributed by atoms with E-state index in [1.165, 1.54) is 0 Å². The van der Waals surface area contributed by atoms with Crippen molar-refractivity contribution in [2.75, 3.05) is 0 Å². The molecular formula is CHClO2S. The van der Waals surface area contributed by atoms with Crippen LogP contribution in [0.2, 0.25) is 0 Å². The fourth-order valence-corrected chi connectivity index (χ4v) is 0. The number of hydrogen-bond acceptors (Lipinski definition) is 3. The molecule has 0 amide bonds. The van der Waals surface area contributed by atoms with Gasteiger partial charge in [0, 0.05) is 24.5 Å². The molecule has 0 aliphatic rings. The molecule has 0 aliphatic carbocycles. The standard InChI is InChI=1S/CHClO2S/c2-1(3)4-5/h5H. The fraction of sp³-hybridized carbons (Fsp3) is 0. The van der Waals surface area contributed by atoms with Gasteiger partial charge in [-0.3, -0.25) is 0 Å². The van der Waals surface area contributed by atoms with Crippen LogP contribution < -0.4 is 0 Å². The maximum absolute atomic E-state index is 9.28. The van der Waals surface area contributed by atoms with E-state index in [1.807, 2.05) is 0 Å². The number of rotatable bonds is 0. The van der Waals surface area contributed by atoms with Gasteiger partial charge in [-0.25, -0.2) is 4.79 Å². The number of halogens is 1. The summed E-state index contributed by atoms with van der Waals surface area (Å²) in [4.78, 5) is 9.28. The van der Waals surface area contributed by atoms with E-state index in [0.29, 0.717) is 0 Å². The minimum Gasteiger partial charge on any atom is -0.383 e. The van der Waals surface area contributed by atoms with E-state index in [4.69, 9.17) is 0 Å². The second kappa shape index (κ2) is 2.35. The molecule has 4 heteroatoms. The number of carbonyl (C=O) groups excluding carboxylic acids is 1. The van der Waals surface area contributed by atoms with Crippen molar-refractivity contribution in [2.24, 2.45) is 0 Å². The molecule has 5 heavy (non-hydrogen) atoms. The minimum absolute atomic E-state index is 0.909. The molecule has 0 spiro atoms. The van der Waals surface area contributed by atoms with Crippen LogP contribution in [0.1, 0.15) is 0 Å². The molecular weight excluding hydrogens is 112 g/mol. The zero-order chi connectivity index (χ0) is 4.28. The summed E-state index contributed by atoms with van der Waals surface area (Å²) in [5.41, 5.74) is -0.909. The third kappa shape index (κ3) is 4.11. The van der Waals surface area contributed by atoms with Crippen LogP contribution in [-0.2, 0) is 4.18 Å². The van der Waals surface area contributed by atoms with Crippen LogP contribution in [-0.4, -0.2) is 5.43 Å². The van der Waals surface area contributed by atoms with Crippen molar-refractivity contribution in [1.29, 1.82) is 0 Å². The van der Waals surface area contributed by atoms with Gasteiger partial charge < -0.3 is 4.18 Å². The van der Waals surface area contributed by atoms with E-state index >= 15 is 0 Å². The second-order valence-electron chi connectivity index (χ2n) is 0.329. The third-order valence-corrected chi connectivity index (χ3v) is 0.422. The van der Waals surface area contributed by atoms with Crippen LogP contribution in [0.4, 0.5) is 4.79 Å². The van der Waals surface area contributed by atoms with Crippen molar-refractivity contribution >= 4 is 29.9 Å². The van der Waals surface area contributed by atoms with E-state index in [2.05, 4.69) is 28.7 Å². The molecule has 0 unspecified atom stereocenters. The highest BCUT2D eigenvalue weighted by Gasteiger charge is 1.82. The Labute approximate surface area is 39.7 Å². The summed E-state index contributed by atoms with van der Waals surface area (Å²) in [7, 11) is 0. The largest absolute Gasteiger partial charge is 0.415 e. The van der Waals surface area contributed by atoms with Crippen molar-refractivity contribution in [3.05, 3.63) is 0 Å². The van der Waals surface area contributed by atoms with E-state index in [-0.39, 0.29) is 0 Å². The molecule has 0 heterocycles. The van der Waals surface area contributed by atoms with Gasteiger partial charge in [-0.15, -0.1) is 0 Å². The number of carbonyl (C=O) groups is 1. The lowest BCUT2D eigenvalue weighted by molar-refractivity contribution is 0.233. The Kier molecular flexibility index (Phi) is 2.41. The summed E-state index contributed by atoms with van der Waals surface area (Å²) in [5.74, 6) is 0. The zero-order valence-corrected chi connectivity index (χ0v) is 3.79. The molecule has 0 radical (unpaired) electrons. The number of thiol groups is 1. The van der Waals surface area contributed by atoms with E-state index in [0.717, 1.165) is 0 Å². The molecule has 0 rings (SSSR count). The van der Waals surface area contributed by atoms with Gasteiger partial charge in [0.15, 0.2) is 0 Å². The van der Waals surface area contributed by atoms with Crippen LogP contribution in [0.3, 0.4) is 0 Å². The van der Waals surface area contributed by atoms with Crippen molar-refractivity contribution in [2.45, 2.75) is 0 Å². The molecule has 0 N–H and O–H groups in total. The van der Waals surface area contributed by atoms with Gasteiger partial charge in [0.05, 0.1) is 0 Å². The minimum atomic E-state index is -0.909. The van der Waals surface area contributed by atoms with Crippen molar-refractivity contribution in [3.8, 4) is 0 Å². The van der Waals surface area contributed by atoms with Crippen molar-refractivity contribution in [3.63, 3.8) is 0 Å². The first kappa shape index (κ1) is 5.11. The predicted molar refractivity (Wildman–Crippen MR) is 21.3 cm³/mol. The van der Waals surface area contributed by atoms with Crippen LogP contribution in [0.15, 0.2) is 0 Å². The van der Waals surface area contributed by atoms with Gasteiger partial charge in [0.1, 0.15) is 0 Å². The van der Waals surface area contributed by atoms with E-state index in [9.17, 15) is 4.79 Å². The summed E-state index contributed by atoms with van der Waals surface area (Å²) in [5, 5.41) is 0. The second-order valence-corrected chi connectivity index (χ2v) is 0.820. The summed E-state index contributed by atoms with van der Waals surface area (Å²) in [6.07, 6.45) is 0. The Balaban J connectivity index is 2.85. The monoisotopic (exact) mass is 112 g/mol. The molecule has 0 bridgehead atoms. The van der Waals surface area contributed by atoms with Crippen LogP contribution >= 0.6 is 24.5 Å². The van der Waals surface area contributed by atoms with Gasteiger partial charge >= 0.3 is 5.43 Å². The van der Waals surface area contributed by atoms with Gasteiger partial charge in [0.25, 0.3) is 0 Å². The molecule has 0 aromatic carbocycles. The molecule has 2 nitrogen and oxygen atoms in total. The lowest BCUT2D eigenvalue weighted by Gasteiger charge is -1.74. The molecule has 0 atom stereocenters. The fourth-order valence-electron chi connectivity index (χ4n) is 0. The Morgan fingerprint density at radius 1 is 2.00 bits per heavy atom. The van der Waals surface area contributed by atoms with Gasteiger partial charge in [0.2, 0.25) is 0 Å². The lowest BCUT2D eigenvalue weighted by atomic mass is 11.6. The topological polar surface area (TPSA) is 26.3 Å². The molecule has 0 saturated carbocycles. The molecule has 0 aliphatic heterocycles. The molecule has 0 fully saturated rings. The van der Waals surface area contributed by atoms with Crippen LogP contribution in [0, 0.1) is 0 Å². The predicted octanol–water partition coefficient (Wildman–Crippen LogP) is 1.21. The summed E-state index contributed by atoms with van der Waals surface area (Å²) >= 11 is 7.56. The Hall–Kier alpha value is 0.110. The first-order valence-electron chi connectivity index (χ1n) is 0.780. The summed E-state index contributed by atoms with van der Waals surface area (Å²) in [6.45, 7) is 0. The highest BCUT2D eigenvalue weighted by molar-refractivity contribution is 7.75. The van der Waals surface area contributed by atoms with Crippen LogP contribution in [0.5, 0.6) is 0 Å². The van der Waals surface area contributed by atoms with Gasteiger partial charge in [-0.05, 0) is 0 Å². The summed E-state index contributed by atoms with van der Waals surface area (Å²) < 4.78 is 3.57. The van der Waals surface area contributed by atoms with Crippen molar-refractivity contribution in [1.82, 2.24) is 0 Å². The van der Waals surface area contributed by atoms with E-state index < -0.39 is 5.43 Å². The van der Waals surface area contributed by atoms with Gasteiger partial charge in [-0.2, -0.15) is 0 Å². The van der Waals surface area contributed by atoms with Crippen LogP contribution in [0.25, 0.3) is 0 Å². The molecule has 30 valence electrons. The first-order chi connectivity index (χ1) is 2.27. The SMILES string of the molecule is O=C(Cl)OS. The maximum Gasteiger partial charge on any atom is 0.415 e. The Morgan fingerprint density at radius 3 is 2.20 bits per heavy atom. The van der Waals surface area contributed by atoms with E-state index in [1.54, 1.807) is 0 Å². The summed E-state index contributed by atoms with van der Waals surface area (Å²) in [6, 6.07) is 0. The smallest absolute Gasteiger partial charge is 0.383 e. The van der Waals surface area contributed by atoms with Crippen molar-refractivity contribution < 1.29 is 8.98 Å².